The summed E-state index contributed by atoms with van der Waals surface area (Å²) in [6.07, 6.45) is 0. The molecule has 5 heteroatoms. The molecule has 0 atom stereocenters. The lowest BCUT2D eigenvalue weighted by Crippen LogP contribution is -2.01. The van der Waals surface area contributed by atoms with Crippen LogP contribution >= 0.6 is 15.9 Å². The number of hydrogen-bond acceptors (Lipinski definition) is 4. The molecule has 0 unspecified atom stereocenters. The lowest BCUT2D eigenvalue weighted by molar-refractivity contribution is 1.23. The molecule has 0 bridgehead atoms. The number of nitrogens with two attached hydrogens (primary N) is 1. The molecule has 0 aliphatic rings. The summed E-state index contributed by atoms with van der Waals surface area (Å²) in [5.74, 6) is 0.967. The van der Waals surface area contributed by atoms with E-state index in [1.807, 2.05) is 43.3 Å². The summed E-state index contributed by atoms with van der Waals surface area (Å²) in [5.41, 5.74) is 8.72. The summed E-state index contributed by atoms with van der Waals surface area (Å²) in [5, 5.41) is 4.26. The third-order valence-electron chi connectivity index (χ3n) is 3.00. The lowest BCUT2D eigenvalue weighted by atomic mass is 10.2. The summed E-state index contributed by atoms with van der Waals surface area (Å²) in [7, 11) is 0. The summed E-state index contributed by atoms with van der Waals surface area (Å²) in [4.78, 5) is 8.53. The third-order valence-corrected chi connectivity index (χ3v) is 3.69. The molecule has 0 radical (unpaired) electrons. The Balaban J connectivity index is 2.13. The van der Waals surface area contributed by atoms with Crippen LogP contribution in [0.25, 0.3) is 10.9 Å². The van der Waals surface area contributed by atoms with Crippen molar-refractivity contribution in [3.63, 3.8) is 0 Å². The van der Waals surface area contributed by atoms with Crippen molar-refractivity contribution in [3.8, 4) is 0 Å². The average Bonchev–Trinajstić information content (AvgIpc) is 2.43. The Morgan fingerprint density at radius 3 is 2.75 bits per heavy atom. The standard InChI is InChI=1S/C15H13BrN4/c1-9-6-7-11(16)13(8-9)18-14-10-4-2-3-5-12(10)19-15(17)20-14/h2-8H,1H3,(H3,17,18,19,20). The van der Waals surface area contributed by atoms with Gasteiger partial charge in [0.05, 0.1) is 11.2 Å². The van der Waals surface area contributed by atoms with Crippen LogP contribution in [0.4, 0.5) is 17.5 Å². The third kappa shape index (κ3) is 2.44. The van der Waals surface area contributed by atoms with Gasteiger partial charge in [-0.15, -0.1) is 0 Å². The zero-order valence-electron chi connectivity index (χ0n) is 10.9. The smallest absolute Gasteiger partial charge is 0.222 e. The number of nitrogens with one attached hydrogen (secondary N) is 1. The molecular formula is C15H13BrN4. The molecule has 0 amide bonds. The van der Waals surface area contributed by atoms with Crippen molar-refractivity contribution < 1.29 is 0 Å². The number of anilines is 3. The highest BCUT2D eigenvalue weighted by Gasteiger charge is 2.08. The van der Waals surface area contributed by atoms with Gasteiger partial charge in [0.1, 0.15) is 5.82 Å². The predicted molar refractivity (Wildman–Crippen MR) is 86.1 cm³/mol. The Morgan fingerprint density at radius 1 is 1.10 bits per heavy atom. The highest BCUT2D eigenvalue weighted by Crippen LogP contribution is 2.29. The monoisotopic (exact) mass is 328 g/mol. The highest BCUT2D eigenvalue weighted by atomic mass is 79.9. The number of halogens is 1. The Bertz CT molecular complexity index is 786. The van der Waals surface area contributed by atoms with Gasteiger partial charge in [0.2, 0.25) is 5.95 Å². The van der Waals surface area contributed by atoms with Crippen LogP contribution < -0.4 is 11.1 Å². The van der Waals surface area contributed by atoms with Gasteiger partial charge in [-0.2, -0.15) is 4.98 Å². The zero-order chi connectivity index (χ0) is 14.1. The first kappa shape index (κ1) is 12.9. The largest absolute Gasteiger partial charge is 0.368 e. The molecule has 3 rings (SSSR count). The second kappa shape index (κ2) is 5.09. The van der Waals surface area contributed by atoms with Gasteiger partial charge in [0.15, 0.2) is 0 Å². The van der Waals surface area contributed by atoms with E-state index in [-0.39, 0.29) is 5.95 Å². The van der Waals surface area contributed by atoms with Gasteiger partial charge in [0, 0.05) is 9.86 Å². The van der Waals surface area contributed by atoms with Crippen molar-refractivity contribution in [2.45, 2.75) is 6.92 Å². The van der Waals surface area contributed by atoms with Gasteiger partial charge in [-0.05, 0) is 52.7 Å². The second-order valence-corrected chi connectivity index (χ2v) is 5.41. The first-order valence-corrected chi connectivity index (χ1v) is 6.98. The van der Waals surface area contributed by atoms with E-state index in [1.165, 1.54) is 5.56 Å². The fraction of sp³-hybridized carbons (Fsp3) is 0.0667. The maximum Gasteiger partial charge on any atom is 0.222 e. The van der Waals surface area contributed by atoms with E-state index in [2.05, 4.69) is 37.3 Å². The molecule has 1 aromatic heterocycles. The van der Waals surface area contributed by atoms with E-state index in [0.717, 1.165) is 21.1 Å². The molecule has 2 aromatic carbocycles. The molecule has 20 heavy (non-hydrogen) atoms. The molecule has 4 nitrogen and oxygen atoms in total. The van der Waals surface area contributed by atoms with E-state index in [1.54, 1.807) is 0 Å². The molecule has 0 fully saturated rings. The van der Waals surface area contributed by atoms with Crippen LogP contribution in [0.1, 0.15) is 5.56 Å². The van der Waals surface area contributed by atoms with Crippen molar-refractivity contribution >= 4 is 44.3 Å². The number of hydrogen-bond donors (Lipinski definition) is 2. The molecule has 0 spiro atoms. The average molecular weight is 329 g/mol. The van der Waals surface area contributed by atoms with Gasteiger partial charge in [-0.25, -0.2) is 4.98 Å². The molecule has 3 N–H and O–H groups in total. The first-order chi connectivity index (χ1) is 9.63. The number of benzene rings is 2. The number of aromatic nitrogens is 2. The van der Waals surface area contributed by atoms with Crippen molar-refractivity contribution in [1.29, 1.82) is 0 Å². The summed E-state index contributed by atoms with van der Waals surface area (Å²) in [6.45, 7) is 2.05. The maximum atomic E-state index is 5.77. The van der Waals surface area contributed by atoms with E-state index in [4.69, 9.17) is 5.73 Å². The van der Waals surface area contributed by atoms with Crippen LogP contribution in [-0.2, 0) is 0 Å². The Kier molecular flexibility index (Phi) is 3.28. The van der Waals surface area contributed by atoms with Gasteiger partial charge in [-0.3, -0.25) is 0 Å². The molecule has 100 valence electrons. The number of aryl methyl sites for hydroxylation is 1. The van der Waals surface area contributed by atoms with Gasteiger partial charge in [-0.1, -0.05) is 18.2 Å². The number of nitrogens with zero attached hydrogens (tertiary/aromatic N) is 2. The normalized spacial score (nSPS) is 10.7. The quantitative estimate of drug-likeness (QED) is 0.745. The van der Waals surface area contributed by atoms with Crippen LogP contribution in [0.3, 0.4) is 0 Å². The molecular weight excluding hydrogens is 316 g/mol. The van der Waals surface area contributed by atoms with E-state index in [0.29, 0.717) is 5.82 Å². The fourth-order valence-corrected chi connectivity index (χ4v) is 2.40. The highest BCUT2D eigenvalue weighted by molar-refractivity contribution is 9.10. The summed E-state index contributed by atoms with van der Waals surface area (Å²) >= 11 is 3.53. The SMILES string of the molecule is Cc1ccc(Br)c(Nc2nc(N)nc3ccccc23)c1. The Hall–Kier alpha value is -2.14. The van der Waals surface area contributed by atoms with E-state index in [9.17, 15) is 0 Å². The maximum absolute atomic E-state index is 5.77. The Labute approximate surface area is 125 Å². The van der Waals surface area contributed by atoms with E-state index >= 15 is 0 Å². The zero-order valence-corrected chi connectivity index (χ0v) is 12.5. The second-order valence-electron chi connectivity index (χ2n) is 4.56. The fourth-order valence-electron chi connectivity index (χ4n) is 2.05. The van der Waals surface area contributed by atoms with Gasteiger partial charge < -0.3 is 11.1 Å². The van der Waals surface area contributed by atoms with Crippen LogP contribution in [0, 0.1) is 6.92 Å². The van der Waals surface area contributed by atoms with Crippen LogP contribution in [0.2, 0.25) is 0 Å². The van der Waals surface area contributed by atoms with Crippen LogP contribution in [0.15, 0.2) is 46.9 Å². The van der Waals surface area contributed by atoms with Crippen molar-refractivity contribution in [1.82, 2.24) is 9.97 Å². The number of nitrogen functional groups attached to an aromatic ring is 1. The van der Waals surface area contributed by atoms with E-state index < -0.39 is 0 Å². The molecule has 3 aromatic rings. The number of para-hydroxylation sites is 1. The molecule has 0 saturated heterocycles. The molecule has 0 saturated carbocycles. The predicted octanol–water partition coefficient (Wildman–Crippen LogP) is 4.03. The van der Waals surface area contributed by atoms with Crippen LogP contribution in [-0.4, -0.2) is 9.97 Å². The summed E-state index contributed by atoms with van der Waals surface area (Å²) < 4.78 is 0.976. The Morgan fingerprint density at radius 2 is 1.90 bits per heavy atom. The number of rotatable bonds is 2. The minimum Gasteiger partial charge on any atom is -0.368 e. The minimum atomic E-state index is 0.259. The van der Waals surface area contributed by atoms with Crippen molar-refractivity contribution in [2.75, 3.05) is 11.1 Å². The number of fused-ring (bicyclic) bond motifs is 1. The summed E-state index contributed by atoms with van der Waals surface area (Å²) in [6, 6.07) is 13.9. The van der Waals surface area contributed by atoms with Crippen molar-refractivity contribution in [3.05, 3.63) is 52.5 Å². The molecule has 0 aliphatic heterocycles. The van der Waals surface area contributed by atoms with Gasteiger partial charge >= 0.3 is 0 Å². The van der Waals surface area contributed by atoms with Crippen molar-refractivity contribution in [2.24, 2.45) is 0 Å². The topological polar surface area (TPSA) is 63.8 Å². The molecule has 0 aliphatic carbocycles. The first-order valence-electron chi connectivity index (χ1n) is 6.19. The minimum absolute atomic E-state index is 0.259. The molecule has 1 heterocycles. The lowest BCUT2D eigenvalue weighted by Gasteiger charge is -2.11. The van der Waals surface area contributed by atoms with Gasteiger partial charge in [0.25, 0.3) is 0 Å². The van der Waals surface area contributed by atoms with Crippen LogP contribution in [0.5, 0.6) is 0 Å².